The monoisotopic (exact) mass is 300 g/mol. The Morgan fingerprint density at radius 2 is 2.00 bits per heavy atom. The lowest BCUT2D eigenvalue weighted by molar-refractivity contribution is -0.115. The predicted octanol–water partition coefficient (Wildman–Crippen LogP) is 3.40. The van der Waals surface area contributed by atoms with Crippen LogP contribution in [0.4, 0.5) is 5.69 Å². The number of anilines is 1. The molecule has 2 rings (SSSR count). The van der Waals surface area contributed by atoms with Gasteiger partial charge in [-0.25, -0.2) is 4.98 Å². The number of nitrogens with one attached hydrogen (secondary N) is 1. The van der Waals surface area contributed by atoms with Crippen molar-refractivity contribution in [3.63, 3.8) is 0 Å². The first-order valence-corrected chi connectivity index (χ1v) is 7.44. The van der Waals surface area contributed by atoms with Crippen molar-refractivity contribution in [1.82, 2.24) is 4.98 Å². The van der Waals surface area contributed by atoms with Crippen LogP contribution >= 0.6 is 11.8 Å². The van der Waals surface area contributed by atoms with Crippen LogP contribution < -0.4 is 5.32 Å². The summed E-state index contributed by atoms with van der Waals surface area (Å²) in [6, 6.07) is 12.5. The lowest BCUT2D eigenvalue weighted by atomic mass is 10.1. The summed E-state index contributed by atoms with van der Waals surface area (Å²) in [5, 5.41) is 3.34. The van der Waals surface area contributed by atoms with Gasteiger partial charge in [0.2, 0.25) is 5.91 Å². The van der Waals surface area contributed by atoms with Crippen LogP contribution in [0.5, 0.6) is 0 Å². The standard InChI is InChI=1S/C16H16N2O2S/c1-11(19)13-6-5-7-14(10-13)18-16(20)12(2)21-15-8-3-4-9-17-15/h3-10,12H,1-2H3,(H,18,20)/t12-/m0/s1. The molecular formula is C16H16N2O2S. The maximum absolute atomic E-state index is 12.2. The summed E-state index contributed by atoms with van der Waals surface area (Å²) < 4.78 is 0. The highest BCUT2D eigenvalue weighted by molar-refractivity contribution is 8.00. The van der Waals surface area contributed by atoms with Gasteiger partial charge in [-0.15, -0.1) is 0 Å². The van der Waals surface area contributed by atoms with Crippen LogP contribution in [0.25, 0.3) is 0 Å². The predicted molar refractivity (Wildman–Crippen MR) is 84.6 cm³/mol. The number of Topliss-reactive ketones (excluding diaryl/α,β-unsaturated/α-hetero) is 1. The Balaban J connectivity index is 2.00. The summed E-state index contributed by atoms with van der Waals surface area (Å²) in [6.07, 6.45) is 1.70. The van der Waals surface area contributed by atoms with Gasteiger partial charge in [0.05, 0.1) is 10.3 Å². The molecule has 1 aromatic carbocycles. The number of amides is 1. The fourth-order valence-corrected chi connectivity index (χ4v) is 2.52. The fourth-order valence-electron chi connectivity index (χ4n) is 1.71. The molecule has 1 heterocycles. The van der Waals surface area contributed by atoms with E-state index in [1.807, 2.05) is 25.1 Å². The molecule has 0 fully saturated rings. The maximum atomic E-state index is 12.2. The van der Waals surface area contributed by atoms with E-state index in [1.54, 1.807) is 30.5 Å². The normalized spacial score (nSPS) is 11.7. The van der Waals surface area contributed by atoms with Gasteiger partial charge in [-0.2, -0.15) is 0 Å². The summed E-state index contributed by atoms with van der Waals surface area (Å²) >= 11 is 1.39. The molecule has 0 aliphatic heterocycles. The summed E-state index contributed by atoms with van der Waals surface area (Å²) in [5.41, 5.74) is 1.21. The van der Waals surface area contributed by atoms with E-state index >= 15 is 0 Å². The quantitative estimate of drug-likeness (QED) is 0.679. The van der Waals surface area contributed by atoms with Crippen molar-refractivity contribution in [1.29, 1.82) is 0 Å². The molecule has 0 spiro atoms. The highest BCUT2D eigenvalue weighted by Gasteiger charge is 2.15. The van der Waals surface area contributed by atoms with Crippen LogP contribution in [0.3, 0.4) is 0 Å². The lowest BCUT2D eigenvalue weighted by Crippen LogP contribution is -2.22. The molecule has 0 saturated carbocycles. The van der Waals surface area contributed by atoms with E-state index in [2.05, 4.69) is 10.3 Å². The highest BCUT2D eigenvalue weighted by atomic mass is 32.2. The summed E-state index contributed by atoms with van der Waals surface area (Å²) in [7, 11) is 0. The Morgan fingerprint density at radius 3 is 2.67 bits per heavy atom. The van der Waals surface area contributed by atoms with Gasteiger partial charge in [0, 0.05) is 17.4 Å². The Labute approximate surface area is 128 Å². The summed E-state index contributed by atoms with van der Waals surface area (Å²) in [4.78, 5) is 27.7. The number of rotatable bonds is 5. The Bertz CT molecular complexity index is 644. The third-order valence-electron chi connectivity index (χ3n) is 2.84. The number of ketones is 1. The zero-order valence-corrected chi connectivity index (χ0v) is 12.7. The van der Waals surface area contributed by atoms with E-state index in [9.17, 15) is 9.59 Å². The average Bonchev–Trinajstić information content (AvgIpc) is 2.48. The minimum Gasteiger partial charge on any atom is -0.325 e. The Morgan fingerprint density at radius 1 is 1.19 bits per heavy atom. The molecule has 5 heteroatoms. The minimum absolute atomic E-state index is 0.0259. The van der Waals surface area contributed by atoms with Gasteiger partial charge >= 0.3 is 0 Å². The molecule has 0 aliphatic rings. The van der Waals surface area contributed by atoms with E-state index in [1.165, 1.54) is 18.7 Å². The Kier molecular flexibility index (Phi) is 5.11. The molecule has 0 aliphatic carbocycles. The average molecular weight is 300 g/mol. The molecule has 108 valence electrons. The zero-order chi connectivity index (χ0) is 15.2. The number of nitrogens with zero attached hydrogens (tertiary/aromatic N) is 1. The molecule has 1 amide bonds. The van der Waals surface area contributed by atoms with Crippen molar-refractivity contribution in [2.24, 2.45) is 0 Å². The number of carbonyl (C=O) groups is 2. The number of benzene rings is 1. The summed E-state index contributed by atoms with van der Waals surface area (Å²) in [6.45, 7) is 3.32. The van der Waals surface area contributed by atoms with E-state index in [4.69, 9.17) is 0 Å². The van der Waals surface area contributed by atoms with Crippen LogP contribution in [0.1, 0.15) is 24.2 Å². The molecule has 0 saturated heterocycles. The molecule has 0 bridgehead atoms. The van der Waals surface area contributed by atoms with E-state index < -0.39 is 0 Å². The molecule has 21 heavy (non-hydrogen) atoms. The molecule has 1 N–H and O–H groups in total. The number of thioether (sulfide) groups is 1. The molecule has 0 unspecified atom stereocenters. The van der Waals surface area contributed by atoms with Crippen LogP contribution in [0.15, 0.2) is 53.7 Å². The van der Waals surface area contributed by atoms with Crippen molar-refractivity contribution in [3.8, 4) is 0 Å². The van der Waals surface area contributed by atoms with Crippen LogP contribution in [0, 0.1) is 0 Å². The van der Waals surface area contributed by atoms with Gasteiger partial charge < -0.3 is 5.32 Å². The molecular weight excluding hydrogens is 284 g/mol. The van der Waals surface area contributed by atoms with Crippen molar-refractivity contribution in [2.75, 3.05) is 5.32 Å². The molecule has 1 atom stereocenters. The Hall–Kier alpha value is -2.14. The number of pyridine rings is 1. The first-order chi connectivity index (χ1) is 10.1. The number of carbonyl (C=O) groups excluding carboxylic acids is 2. The highest BCUT2D eigenvalue weighted by Crippen LogP contribution is 2.22. The van der Waals surface area contributed by atoms with Gasteiger partial charge in [-0.1, -0.05) is 30.0 Å². The number of hydrogen-bond donors (Lipinski definition) is 1. The van der Waals surface area contributed by atoms with Crippen LogP contribution in [-0.4, -0.2) is 21.9 Å². The van der Waals surface area contributed by atoms with E-state index in [0.29, 0.717) is 11.3 Å². The van der Waals surface area contributed by atoms with Crippen LogP contribution in [0.2, 0.25) is 0 Å². The lowest BCUT2D eigenvalue weighted by Gasteiger charge is -2.12. The third kappa shape index (κ3) is 4.43. The maximum Gasteiger partial charge on any atom is 0.237 e. The van der Waals surface area contributed by atoms with Crippen molar-refractivity contribution in [3.05, 3.63) is 54.2 Å². The largest absolute Gasteiger partial charge is 0.325 e. The third-order valence-corrected chi connectivity index (χ3v) is 3.89. The van der Waals surface area contributed by atoms with Gasteiger partial charge in [-0.05, 0) is 38.1 Å². The number of aromatic nitrogens is 1. The number of hydrogen-bond acceptors (Lipinski definition) is 4. The zero-order valence-electron chi connectivity index (χ0n) is 11.9. The summed E-state index contributed by atoms with van der Waals surface area (Å²) in [5.74, 6) is -0.145. The first-order valence-electron chi connectivity index (χ1n) is 6.56. The van der Waals surface area contributed by atoms with Gasteiger partial charge in [-0.3, -0.25) is 9.59 Å². The van der Waals surface area contributed by atoms with E-state index in [0.717, 1.165) is 5.03 Å². The van der Waals surface area contributed by atoms with Gasteiger partial charge in [0.15, 0.2) is 5.78 Å². The van der Waals surface area contributed by atoms with Crippen molar-refractivity contribution >= 4 is 29.1 Å². The molecule has 4 nitrogen and oxygen atoms in total. The van der Waals surface area contributed by atoms with Crippen LogP contribution in [-0.2, 0) is 4.79 Å². The van der Waals surface area contributed by atoms with Crippen molar-refractivity contribution in [2.45, 2.75) is 24.1 Å². The van der Waals surface area contributed by atoms with E-state index in [-0.39, 0.29) is 16.9 Å². The minimum atomic E-state index is -0.277. The second-order valence-corrected chi connectivity index (χ2v) is 5.92. The molecule has 0 radical (unpaired) electrons. The van der Waals surface area contributed by atoms with Gasteiger partial charge in [0.1, 0.15) is 0 Å². The van der Waals surface area contributed by atoms with Gasteiger partial charge in [0.25, 0.3) is 0 Å². The molecule has 2 aromatic rings. The molecule has 1 aromatic heterocycles. The van der Waals surface area contributed by atoms with Crippen molar-refractivity contribution < 1.29 is 9.59 Å². The second-order valence-electron chi connectivity index (χ2n) is 4.55. The SMILES string of the molecule is CC(=O)c1cccc(NC(=O)[C@H](C)Sc2ccccn2)c1. The first kappa shape index (κ1) is 15.3. The fraction of sp³-hybridized carbons (Fsp3) is 0.188. The second kappa shape index (κ2) is 7.04. The topological polar surface area (TPSA) is 59.1 Å². The smallest absolute Gasteiger partial charge is 0.237 e.